The molecule has 1 fully saturated rings. The molecule has 0 aromatic carbocycles. The summed E-state index contributed by atoms with van der Waals surface area (Å²) in [6.45, 7) is 16.0. The van der Waals surface area contributed by atoms with Gasteiger partial charge in [0, 0.05) is 13.0 Å². The third-order valence-electron chi connectivity index (χ3n) is 4.92. The van der Waals surface area contributed by atoms with E-state index < -0.39 is 14.1 Å². The molecule has 0 aliphatic carbocycles. The minimum absolute atomic E-state index is 0.0494. The molecule has 0 saturated carbocycles. The molecule has 0 bridgehead atoms. The van der Waals surface area contributed by atoms with Gasteiger partial charge in [0.1, 0.15) is 11.9 Å². The van der Waals surface area contributed by atoms with Gasteiger partial charge in [0.25, 0.3) is 0 Å². The largest absolute Gasteiger partial charge is 0.467 e. The maximum atomic E-state index is 6.29. The van der Waals surface area contributed by atoms with Crippen LogP contribution in [0, 0.1) is 0 Å². The van der Waals surface area contributed by atoms with Gasteiger partial charge in [0.2, 0.25) is 0 Å². The average Bonchev–Trinajstić information content (AvgIpc) is 2.88. The van der Waals surface area contributed by atoms with Crippen molar-refractivity contribution in [2.24, 2.45) is 0 Å². The Morgan fingerprint density at radius 3 is 2.52 bits per heavy atom. The molecule has 5 heteroatoms. The maximum absolute atomic E-state index is 6.29. The number of furan rings is 1. The summed E-state index contributed by atoms with van der Waals surface area (Å²) >= 11 is 0. The quantitative estimate of drug-likeness (QED) is 0.684. The lowest BCUT2D eigenvalue weighted by Crippen LogP contribution is -2.44. The Balaban J connectivity index is 1.92. The van der Waals surface area contributed by atoms with Crippen LogP contribution in [-0.4, -0.2) is 26.8 Å². The van der Waals surface area contributed by atoms with E-state index >= 15 is 0 Å². The van der Waals surface area contributed by atoms with Crippen LogP contribution in [0.15, 0.2) is 22.8 Å². The first-order valence-corrected chi connectivity index (χ1v) is 11.4. The van der Waals surface area contributed by atoms with Crippen molar-refractivity contribution in [1.82, 2.24) is 0 Å². The molecule has 1 aromatic heterocycles. The Kier molecular flexibility index (Phi) is 5.46. The van der Waals surface area contributed by atoms with Crippen molar-refractivity contribution in [2.75, 3.05) is 6.61 Å². The maximum Gasteiger partial charge on any atom is 0.191 e. The van der Waals surface area contributed by atoms with Crippen LogP contribution < -0.4 is 0 Å². The van der Waals surface area contributed by atoms with Crippen molar-refractivity contribution in [3.63, 3.8) is 0 Å². The molecule has 1 aliphatic rings. The molecule has 23 heavy (non-hydrogen) atoms. The highest BCUT2D eigenvalue weighted by Crippen LogP contribution is 2.39. The zero-order chi connectivity index (χ0) is 17.3. The third kappa shape index (κ3) is 4.92. The van der Waals surface area contributed by atoms with Gasteiger partial charge < -0.3 is 18.3 Å². The topological polar surface area (TPSA) is 40.8 Å². The van der Waals surface area contributed by atoms with Crippen LogP contribution in [0.3, 0.4) is 0 Å². The molecule has 132 valence electrons. The summed E-state index contributed by atoms with van der Waals surface area (Å²) in [7, 11) is -1.70. The Hall–Kier alpha value is -0.623. The van der Waals surface area contributed by atoms with Gasteiger partial charge in [0.15, 0.2) is 14.1 Å². The minimum Gasteiger partial charge on any atom is -0.467 e. The molecule has 0 unspecified atom stereocenters. The van der Waals surface area contributed by atoms with Crippen molar-refractivity contribution < 1.29 is 18.3 Å². The fraction of sp³-hybridized carbons (Fsp3) is 0.778. The van der Waals surface area contributed by atoms with E-state index in [1.54, 1.807) is 6.26 Å². The average molecular weight is 341 g/mol. The summed E-state index contributed by atoms with van der Waals surface area (Å²) in [6, 6.07) is 3.87. The molecule has 1 aromatic rings. The van der Waals surface area contributed by atoms with Gasteiger partial charge in [-0.25, -0.2) is 0 Å². The van der Waals surface area contributed by atoms with E-state index in [9.17, 15) is 0 Å². The summed E-state index contributed by atoms with van der Waals surface area (Å²) in [5.41, 5.74) is 0. The Bertz CT molecular complexity index is 488. The predicted molar refractivity (Wildman–Crippen MR) is 93.9 cm³/mol. The first-order chi connectivity index (χ1) is 10.5. The normalized spacial score (nSPS) is 25.5. The van der Waals surface area contributed by atoms with Gasteiger partial charge in [0.05, 0.1) is 12.4 Å². The smallest absolute Gasteiger partial charge is 0.191 e. The molecule has 4 nitrogen and oxygen atoms in total. The lowest BCUT2D eigenvalue weighted by molar-refractivity contribution is -0.306. The van der Waals surface area contributed by atoms with Gasteiger partial charge in [-0.15, -0.1) is 0 Å². The van der Waals surface area contributed by atoms with E-state index in [2.05, 4.69) is 33.9 Å². The zero-order valence-corrected chi connectivity index (χ0v) is 16.6. The Morgan fingerprint density at radius 2 is 1.96 bits per heavy atom. The van der Waals surface area contributed by atoms with Crippen LogP contribution in [0.5, 0.6) is 0 Å². The molecule has 1 aliphatic heterocycles. The molecular formula is C18H32O4Si. The molecule has 1 saturated heterocycles. The summed E-state index contributed by atoms with van der Waals surface area (Å²) in [6.07, 6.45) is 3.45. The zero-order valence-electron chi connectivity index (χ0n) is 15.6. The second kappa shape index (κ2) is 6.71. The van der Waals surface area contributed by atoms with Gasteiger partial charge in [-0.1, -0.05) is 20.8 Å². The summed E-state index contributed by atoms with van der Waals surface area (Å²) in [5, 5.41) is 0.236. The van der Waals surface area contributed by atoms with Crippen LogP contribution in [-0.2, 0) is 13.9 Å². The standard InChI is InChI=1S/C18H32O4Si/c1-17(2,3)23(6,7)20-12-10-14-13-16(15-9-8-11-19-15)22-18(4,5)21-14/h8-9,11,14,16H,10,12-13H2,1-7H3/t14-,16-/m1/s1. The third-order valence-corrected chi connectivity index (χ3v) is 9.46. The molecule has 0 spiro atoms. The minimum atomic E-state index is -1.70. The highest BCUT2D eigenvalue weighted by atomic mass is 28.4. The lowest BCUT2D eigenvalue weighted by atomic mass is 10.0. The molecule has 0 amide bonds. The highest BCUT2D eigenvalue weighted by molar-refractivity contribution is 6.74. The van der Waals surface area contributed by atoms with Gasteiger partial charge in [-0.2, -0.15) is 0 Å². The second-order valence-corrected chi connectivity index (χ2v) is 13.2. The summed E-state index contributed by atoms with van der Waals surface area (Å²) in [5.74, 6) is 0.272. The Morgan fingerprint density at radius 1 is 1.26 bits per heavy atom. The Labute approximate surface area is 141 Å². The van der Waals surface area contributed by atoms with Gasteiger partial charge in [-0.05, 0) is 50.5 Å². The summed E-state index contributed by atoms with van der Waals surface area (Å²) in [4.78, 5) is 0. The van der Waals surface area contributed by atoms with Gasteiger partial charge >= 0.3 is 0 Å². The number of rotatable bonds is 5. The van der Waals surface area contributed by atoms with Crippen molar-refractivity contribution >= 4 is 8.32 Å². The lowest BCUT2D eigenvalue weighted by Gasteiger charge is -2.41. The molecule has 2 rings (SSSR count). The summed E-state index contributed by atoms with van der Waals surface area (Å²) < 4.78 is 23.9. The fourth-order valence-corrected chi connectivity index (χ4v) is 3.66. The van der Waals surface area contributed by atoms with Crippen molar-refractivity contribution in [3.05, 3.63) is 24.2 Å². The van der Waals surface area contributed by atoms with Gasteiger partial charge in [-0.3, -0.25) is 0 Å². The monoisotopic (exact) mass is 340 g/mol. The van der Waals surface area contributed by atoms with E-state index in [4.69, 9.17) is 18.3 Å². The van der Waals surface area contributed by atoms with Crippen molar-refractivity contribution in [1.29, 1.82) is 0 Å². The van der Waals surface area contributed by atoms with E-state index in [1.165, 1.54) is 0 Å². The number of ether oxygens (including phenoxy) is 2. The second-order valence-electron chi connectivity index (χ2n) is 8.39. The van der Waals surface area contributed by atoms with Crippen LogP contribution in [0.25, 0.3) is 0 Å². The van der Waals surface area contributed by atoms with E-state index in [-0.39, 0.29) is 17.2 Å². The number of hydrogen-bond donors (Lipinski definition) is 0. The molecular weight excluding hydrogens is 308 g/mol. The fourth-order valence-electron chi connectivity index (χ4n) is 2.59. The molecule has 2 heterocycles. The van der Waals surface area contributed by atoms with Crippen LogP contribution >= 0.6 is 0 Å². The van der Waals surface area contributed by atoms with Crippen LogP contribution in [0.4, 0.5) is 0 Å². The number of hydrogen-bond acceptors (Lipinski definition) is 4. The first-order valence-electron chi connectivity index (χ1n) is 8.53. The molecule has 0 radical (unpaired) electrons. The van der Waals surface area contributed by atoms with Crippen LogP contribution in [0.2, 0.25) is 18.1 Å². The van der Waals surface area contributed by atoms with Crippen LogP contribution in [0.1, 0.15) is 59.3 Å². The predicted octanol–water partition coefficient (Wildman–Crippen LogP) is 5.27. The highest BCUT2D eigenvalue weighted by Gasteiger charge is 2.39. The van der Waals surface area contributed by atoms with Crippen molar-refractivity contribution in [2.45, 2.75) is 83.6 Å². The first kappa shape index (κ1) is 18.7. The van der Waals surface area contributed by atoms with E-state index in [1.807, 2.05) is 26.0 Å². The van der Waals surface area contributed by atoms with E-state index in [0.29, 0.717) is 0 Å². The van der Waals surface area contributed by atoms with Crippen molar-refractivity contribution in [3.8, 4) is 0 Å². The van der Waals surface area contributed by atoms with E-state index in [0.717, 1.165) is 25.2 Å². The molecule has 2 atom stereocenters. The molecule has 0 N–H and O–H groups in total. The SMILES string of the molecule is CC1(C)O[C@H](CCO[Si](C)(C)C(C)(C)C)C[C@H](c2ccco2)O1.